The van der Waals surface area contributed by atoms with Crippen molar-refractivity contribution in [2.24, 2.45) is 11.3 Å². The molecule has 1 aromatic rings. The molecule has 20 heavy (non-hydrogen) atoms. The van der Waals surface area contributed by atoms with Crippen LogP contribution in [-0.4, -0.2) is 16.1 Å². The molecule has 0 fully saturated rings. The van der Waals surface area contributed by atoms with Crippen LogP contribution in [0.4, 0.5) is 0 Å². The number of nitrogens with one attached hydrogen (secondary N) is 1. The molecule has 0 spiro atoms. The first-order valence-electron chi connectivity index (χ1n) is 7.92. The van der Waals surface area contributed by atoms with Gasteiger partial charge in [-0.05, 0) is 11.3 Å². The normalized spacial score (nSPS) is 16.6. The number of fused-ring (bicyclic) bond motifs is 1. The minimum Gasteiger partial charge on any atom is -0.331 e. The van der Waals surface area contributed by atoms with Gasteiger partial charge in [0.2, 0.25) is 0 Å². The van der Waals surface area contributed by atoms with Crippen molar-refractivity contribution >= 4 is 0 Å². The first kappa shape index (κ1) is 15.6. The van der Waals surface area contributed by atoms with Crippen LogP contribution in [0.1, 0.15) is 65.7 Å². The molecule has 1 aromatic heterocycles. The summed E-state index contributed by atoms with van der Waals surface area (Å²) in [5.41, 5.74) is 3.12. The molecule has 1 N–H and O–H groups in total. The standard InChI is InChI=1S/C17H31N3/c1-12(2)17(6,7)11-20-14-8-9-18-10-13(14)19-15(20)16(3,4)5/h12,18H,8-11H2,1-7H3. The van der Waals surface area contributed by atoms with Gasteiger partial charge in [0, 0.05) is 37.2 Å². The Bertz CT molecular complexity index is 475. The third kappa shape index (κ3) is 2.93. The summed E-state index contributed by atoms with van der Waals surface area (Å²) in [5, 5.41) is 3.44. The third-order valence-electron chi connectivity index (χ3n) is 4.79. The van der Waals surface area contributed by atoms with Gasteiger partial charge in [0.05, 0.1) is 5.69 Å². The van der Waals surface area contributed by atoms with Gasteiger partial charge in [-0.1, -0.05) is 48.5 Å². The largest absolute Gasteiger partial charge is 0.331 e. The SMILES string of the molecule is CC(C)C(C)(C)Cn1c(C(C)(C)C)nc2c1CCNC2. The van der Waals surface area contributed by atoms with Gasteiger partial charge >= 0.3 is 0 Å². The molecule has 2 heterocycles. The second-order valence-electron chi connectivity index (χ2n) is 8.24. The van der Waals surface area contributed by atoms with Crippen molar-refractivity contribution in [2.75, 3.05) is 6.54 Å². The molecule has 2 rings (SSSR count). The van der Waals surface area contributed by atoms with Crippen LogP contribution in [0.2, 0.25) is 0 Å². The molecule has 0 aromatic carbocycles. The molecule has 0 aliphatic carbocycles. The predicted octanol–water partition coefficient (Wildman–Crippen LogP) is 3.51. The highest BCUT2D eigenvalue weighted by Crippen LogP contribution is 2.33. The van der Waals surface area contributed by atoms with E-state index in [1.54, 1.807) is 0 Å². The van der Waals surface area contributed by atoms with Crippen molar-refractivity contribution in [3.05, 3.63) is 17.2 Å². The fourth-order valence-corrected chi connectivity index (χ4v) is 2.70. The van der Waals surface area contributed by atoms with E-state index in [0.29, 0.717) is 11.3 Å². The van der Waals surface area contributed by atoms with Crippen LogP contribution >= 0.6 is 0 Å². The second-order valence-corrected chi connectivity index (χ2v) is 8.24. The van der Waals surface area contributed by atoms with Crippen LogP contribution in [0, 0.1) is 11.3 Å². The number of imidazole rings is 1. The van der Waals surface area contributed by atoms with E-state index in [0.717, 1.165) is 26.1 Å². The molecule has 114 valence electrons. The van der Waals surface area contributed by atoms with Gasteiger partial charge in [-0.3, -0.25) is 0 Å². The highest BCUT2D eigenvalue weighted by atomic mass is 15.1. The van der Waals surface area contributed by atoms with Crippen molar-refractivity contribution in [3.63, 3.8) is 0 Å². The Hall–Kier alpha value is -0.830. The number of nitrogens with zero attached hydrogens (tertiary/aromatic N) is 2. The van der Waals surface area contributed by atoms with Crippen LogP contribution in [-0.2, 0) is 24.9 Å². The summed E-state index contributed by atoms with van der Waals surface area (Å²) in [6.07, 6.45) is 1.10. The molecule has 3 heteroatoms. The summed E-state index contributed by atoms with van der Waals surface area (Å²) in [6.45, 7) is 19.3. The van der Waals surface area contributed by atoms with E-state index < -0.39 is 0 Å². The molecule has 3 nitrogen and oxygen atoms in total. The average molecular weight is 277 g/mol. The van der Waals surface area contributed by atoms with E-state index in [1.165, 1.54) is 17.2 Å². The van der Waals surface area contributed by atoms with E-state index in [1.807, 2.05) is 0 Å². The van der Waals surface area contributed by atoms with Crippen LogP contribution < -0.4 is 5.32 Å². The summed E-state index contributed by atoms with van der Waals surface area (Å²) in [6, 6.07) is 0. The zero-order valence-electron chi connectivity index (χ0n) is 14.3. The summed E-state index contributed by atoms with van der Waals surface area (Å²) >= 11 is 0. The van der Waals surface area contributed by atoms with Gasteiger partial charge < -0.3 is 9.88 Å². The maximum absolute atomic E-state index is 4.97. The Morgan fingerprint density at radius 2 is 1.85 bits per heavy atom. The molecule has 0 saturated heterocycles. The fourth-order valence-electron chi connectivity index (χ4n) is 2.70. The van der Waals surface area contributed by atoms with E-state index >= 15 is 0 Å². The monoisotopic (exact) mass is 277 g/mol. The number of hydrogen-bond donors (Lipinski definition) is 1. The van der Waals surface area contributed by atoms with E-state index in [4.69, 9.17) is 4.98 Å². The van der Waals surface area contributed by atoms with Gasteiger partial charge in [-0.15, -0.1) is 0 Å². The minimum atomic E-state index is 0.102. The third-order valence-corrected chi connectivity index (χ3v) is 4.79. The van der Waals surface area contributed by atoms with Crippen molar-refractivity contribution in [2.45, 2.75) is 73.4 Å². The molecule has 0 saturated carbocycles. The molecule has 0 atom stereocenters. The lowest BCUT2D eigenvalue weighted by Crippen LogP contribution is -2.31. The van der Waals surface area contributed by atoms with E-state index in [9.17, 15) is 0 Å². The Kier molecular flexibility index (Phi) is 4.03. The maximum Gasteiger partial charge on any atom is 0.114 e. The molecule has 0 radical (unpaired) electrons. The minimum absolute atomic E-state index is 0.102. The molecule has 1 aliphatic heterocycles. The summed E-state index contributed by atoms with van der Waals surface area (Å²) in [5.74, 6) is 1.91. The van der Waals surface area contributed by atoms with Crippen molar-refractivity contribution in [1.82, 2.24) is 14.9 Å². The van der Waals surface area contributed by atoms with Crippen molar-refractivity contribution < 1.29 is 0 Å². The quantitative estimate of drug-likeness (QED) is 0.916. The Morgan fingerprint density at radius 1 is 1.20 bits per heavy atom. The van der Waals surface area contributed by atoms with Crippen molar-refractivity contribution in [1.29, 1.82) is 0 Å². The van der Waals surface area contributed by atoms with Gasteiger partial charge in [0.25, 0.3) is 0 Å². The highest BCUT2D eigenvalue weighted by Gasteiger charge is 2.31. The Morgan fingerprint density at radius 3 is 2.40 bits per heavy atom. The van der Waals surface area contributed by atoms with Crippen LogP contribution in [0.3, 0.4) is 0 Å². The molecule has 1 aliphatic rings. The molecule has 0 bridgehead atoms. The van der Waals surface area contributed by atoms with Gasteiger partial charge in [0.15, 0.2) is 0 Å². The first-order valence-corrected chi connectivity index (χ1v) is 7.92. The first-order chi connectivity index (χ1) is 9.13. The Labute approximate surface area is 124 Å². The van der Waals surface area contributed by atoms with E-state index in [-0.39, 0.29) is 5.41 Å². The van der Waals surface area contributed by atoms with Crippen LogP contribution in [0.5, 0.6) is 0 Å². The lowest BCUT2D eigenvalue weighted by Gasteiger charge is -2.33. The summed E-state index contributed by atoms with van der Waals surface area (Å²) < 4.78 is 2.52. The molecule has 0 unspecified atom stereocenters. The zero-order valence-corrected chi connectivity index (χ0v) is 14.3. The van der Waals surface area contributed by atoms with Gasteiger partial charge in [-0.25, -0.2) is 4.98 Å². The fraction of sp³-hybridized carbons (Fsp3) is 0.824. The predicted molar refractivity (Wildman–Crippen MR) is 85.0 cm³/mol. The maximum atomic E-state index is 4.97. The van der Waals surface area contributed by atoms with Gasteiger partial charge in [-0.2, -0.15) is 0 Å². The van der Waals surface area contributed by atoms with Crippen LogP contribution in [0.15, 0.2) is 0 Å². The average Bonchev–Trinajstić information content (AvgIpc) is 2.67. The molecule has 0 amide bonds. The molecular formula is C17H31N3. The number of hydrogen-bond acceptors (Lipinski definition) is 2. The van der Waals surface area contributed by atoms with Crippen LogP contribution in [0.25, 0.3) is 0 Å². The van der Waals surface area contributed by atoms with Crippen molar-refractivity contribution in [3.8, 4) is 0 Å². The summed E-state index contributed by atoms with van der Waals surface area (Å²) in [7, 11) is 0. The summed E-state index contributed by atoms with van der Waals surface area (Å²) in [4.78, 5) is 4.97. The number of aromatic nitrogens is 2. The number of rotatable bonds is 3. The zero-order chi connectivity index (χ0) is 15.1. The van der Waals surface area contributed by atoms with E-state index in [2.05, 4.69) is 58.4 Å². The smallest absolute Gasteiger partial charge is 0.114 e. The Balaban J connectivity index is 2.47. The van der Waals surface area contributed by atoms with Gasteiger partial charge in [0.1, 0.15) is 5.82 Å². The second kappa shape index (κ2) is 5.18. The lowest BCUT2D eigenvalue weighted by molar-refractivity contribution is 0.202. The highest BCUT2D eigenvalue weighted by molar-refractivity contribution is 5.24. The topological polar surface area (TPSA) is 29.9 Å². The lowest BCUT2D eigenvalue weighted by atomic mass is 9.80. The molecular weight excluding hydrogens is 246 g/mol.